The first kappa shape index (κ1) is 9.55. The first-order chi connectivity index (χ1) is 4.62. The molecule has 0 aliphatic carbocycles. The molecule has 10 heavy (non-hydrogen) atoms. The molecule has 0 spiro atoms. The molecule has 0 aromatic heterocycles. The van der Waals surface area contributed by atoms with Gasteiger partial charge in [-0.3, -0.25) is 5.32 Å². The molecule has 0 aromatic carbocycles. The molecule has 0 heterocycles. The molecule has 0 fully saturated rings. The molecule has 2 heteroatoms. The summed E-state index contributed by atoms with van der Waals surface area (Å²) < 4.78 is 0. The second-order valence-corrected chi connectivity index (χ2v) is 2.76. The Morgan fingerprint density at radius 2 is 2.30 bits per heavy atom. The fraction of sp³-hybridized carbons (Fsp3) is 0.500. The Kier molecular flexibility index (Phi) is 4.18. The maximum absolute atomic E-state index is 5.30. The van der Waals surface area contributed by atoms with E-state index < -0.39 is 0 Å². The van der Waals surface area contributed by atoms with Gasteiger partial charge >= 0.3 is 0 Å². The van der Waals surface area contributed by atoms with Crippen LogP contribution in [0.4, 0.5) is 0 Å². The van der Waals surface area contributed by atoms with Crippen molar-refractivity contribution in [1.29, 1.82) is 0 Å². The Hall–Kier alpha value is -0.450. The molecular formula is C8H12ClN. The van der Waals surface area contributed by atoms with Crippen molar-refractivity contribution in [2.75, 3.05) is 6.54 Å². The number of rotatable bonds is 3. The zero-order chi connectivity index (χ0) is 8.04. The predicted octanol–water partition coefficient (Wildman–Crippen LogP) is 1.74. The molecular weight excluding hydrogens is 146 g/mol. The van der Waals surface area contributed by atoms with Crippen molar-refractivity contribution in [3.63, 3.8) is 0 Å². The monoisotopic (exact) mass is 157 g/mol. The van der Waals surface area contributed by atoms with E-state index in [9.17, 15) is 0 Å². The Morgan fingerprint density at radius 1 is 1.70 bits per heavy atom. The summed E-state index contributed by atoms with van der Waals surface area (Å²) in [7, 11) is 0. The van der Waals surface area contributed by atoms with E-state index in [2.05, 4.69) is 11.2 Å². The normalized spacial score (nSPS) is 11.8. The molecule has 0 aromatic rings. The molecule has 0 atom stereocenters. The minimum absolute atomic E-state index is 0.240. The van der Waals surface area contributed by atoms with Gasteiger partial charge in [0, 0.05) is 12.1 Å². The molecule has 0 unspecified atom stereocenters. The van der Waals surface area contributed by atoms with E-state index in [0.717, 1.165) is 0 Å². The van der Waals surface area contributed by atoms with Gasteiger partial charge in [0.2, 0.25) is 0 Å². The number of nitrogens with one attached hydrogen (secondary N) is 1. The van der Waals surface area contributed by atoms with Crippen LogP contribution in [0.1, 0.15) is 13.8 Å². The molecule has 1 N–H and O–H groups in total. The average molecular weight is 158 g/mol. The lowest BCUT2D eigenvalue weighted by atomic mass is 10.1. The fourth-order valence-corrected chi connectivity index (χ4v) is 0.499. The number of hydrogen-bond acceptors (Lipinski definition) is 1. The summed E-state index contributed by atoms with van der Waals surface area (Å²) >= 11 is 5.30. The maximum Gasteiger partial charge on any atom is 0.0743 e. The lowest BCUT2D eigenvalue weighted by molar-refractivity contribution is 0.523. The van der Waals surface area contributed by atoms with Crippen molar-refractivity contribution in [3.05, 3.63) is 11.6 Å². The SMILES string of the molecule is C#CC(C)(C)NC/C=C/Cl. The second kappa shape index (κ2) is 4.38. The molecule has 0 aliphatic rings. The largest absolute Gasteiger partial charge is 0.298 e. The molecule has 0 aliphatic heterocycles. The zero-order valence-corrected chi connectivity index (χ0v) is 7.07. The third-order valence-corrected chi connectivity index (χ3v) is 1.29. The van der Waals surface area contributed by atoms with Gasteiger partial charge in [-0.25, -0.2) is 0 Å². The zero-order valence-electron chi connectivity index (χ0n) is 6.32. The Morgan fingerprint density at radius 3 is 2.70 bits per heavy atom. The van der Waals surface area contributed by atoms with Crippen LogP contribution in [0.2, 0.25) is 0 Å². The number of halogens is 1. The quantitative estimate of drug-likeness (QED) is 0.616. The highest BCUT2D eigenvalue weighted by Crippen LogP contribution is 1.97. The molecule has 0 bridgehead atoms. The van der Waals surface area contributed by atoms with Gasteiger partial charge in [0.25, 0.3) is 0 Å². The summed E-state index contributed by atoms with van der Waals surface area (Å²) in [5, 5.41) is 3.10. The van der Waals surface area contributed by atoms with E-state index in [-0.39, 0.29) is 5.54 Å². The summed E-state index contributed by atoms with van der Waals surface area (Å²) in [6, 6.07) is 0. The van der Waals surface area contributed by atoms with Crippen molar-refractivity contribution in [2.24, 2.45) is 0 Å². The minimum Gasteiger partial charge on any atom is -0.298 e. The van der Waals surface area contributed by atoms with Crippen molar-refractivity contribution < 1.29 is 0 Å². The smallest absolute Gasteiger partial charge is 0.0743 e. The molecule has 0 rings (SSSR count). The van der Waals surface area contributed by atoms with Gasteiger partial charge in [0.05, 0.1) is 5.54 Å². The van der Waals surface area contributed by atoms with Crippen molar-refractivity contribution in [2.45, 2.75) is 19.4 Å². The van der Waals surface area contributed by atoms with Crippen LogP contribution in [-0.4, -0.2) is 12.1 Å². The van der Waals surface area contributed by atoms with Gasteiger partial charge in [-0.15, -0.1) is 6.42 Å². The summed E-state index contributed by atoms with van der Waals surface area (Å²) in [5.41, 5.74) is 1.23. The summed E-state index contributed by atoms with van der Waals surface area (Å²) in [6.45, 7) is 4.59. The number of terminal acetylenes is 1. The van der Waals surface area contributed by atoms with Gasteiger partial charge < -0.3 is 0 Å². The van der Waals surface area contributed by atoms with E-state index in [1.165, 1.54) is 5.54 Å². The third-order valence-electron chi connectivity index (χ3n) is 1.11. The topological polar surface area (TPSA) is 12.0 Å². The van der Waals surface area contributed by atoms with Crippen LogP contribution in [0.3, 0.4) is 0 Å². The first-order valence-corrected chi connectivity index (χ1v) is 3.54. The van der Waals surface area contributed by atoms with Crippen molar-refractivity contribution in [3.8, 4) is 12.3 Å². The number of hydrogen-bond donors (Lipinski definition) is 1. The minimum atomic E-state index is -0.240. The molecule has 0 amide bonds. The van der Waals surface area contributed by atoms with Gasteiger partial charge in [-0.05, 0) is 13.8 Å². The van der Waals surface area contributed by atoms with Crippen LogP contribution in [0.25, 0.3) is 0 Å². The van der Waals surface area contributed by atoms with Gasteiger partial charge in [0.1, 0.15) is 0 Å². The molecule has 0 saturated heterocycles. The van der Waals surface area contributed by atoms with E-state index in [4.69, 9.17) is 18.0 Å². The van der Waals surface area contributed by atoms with E-state index in [1.54, 1.807) is 6.08 Å². The fourth-order valence-electron chi connectivity index (χ4n) is 0.410. The predicted molar refractivity (Wildman–Crippen MR) is 45.9 cm³/mol. The summed E-state index contributed by atoms with van der Waals surface area (Å²) in [4.78, 5) is 0. The van der Waals surface area contributed by atoms with Crippen LogP contribution in [0.5, 0.6) is 0 Å². The van der Waals surface area contributed by atoms with E-state index in [0.29, 0.717) is 6.54 Å². The van der Waals surface area contributed by atoms with Gasteiger partial charge in [-0.2, -0.15) is 0 Å². The molecule has 0 saturated carbocycles. The van der Waals surface area contributed by atoms with Crippen LogP contribution < -0.4 is 5.32 Å². The lowest BCUT2D eigenvalue weighted by Gasteiger charge is -2.17. The van der Waals surface area contributed by atoms with Crippen LogP contribution in [-0.2, 0) is 0 Å². The Labute approximate surface area is 67.5 Å². The van der Waals surface area contributed by atoms with Crippen molar-refractivity contribution in [1.82, 2.24) is 5.32 Å². The Bertz CT molecular complexity index is 153. The highest BCUT2D eigenvalue weighted by molar-refractivity contribution is 6.25. The van der Waals surface area contributed by atoms with Crippen LogP contribution in [0, 0.1) is 12.3 Å². The average Bonchev–Trinajstić information content (AvgIpc) is 1.89. The van der Waals surface area contributed by atoms with Gasteiger partial charge in [-0.1, -0.05) is 23.6 Å². The first-order valence-electron chi connectivity index (χ1n) is 3.10. The highest BCUT2D eigenvalue weighted by atomic mass is 35.5. The van der Waals surface area contributed by atoms with Crippen LogP contribution in [0.15, 0.2) is 11.6 Å². The molecule has 56 valence electrons. The Balaban J connectivity index is 3.60. The van der Waals surface area contributed by atoms with E-state index in [1.807, 2.05) is 13.8 Å². The summed E-state index contributed by atoms with van der Waals surface area (Å²) in [6.07, 6.45) is 7.03. The third kappa shape index (κ3) is 4.43. The van der Waals surface area contributed by atoms with E-state index >= 15 is 0 Å². The maximum atomic E-state index is 5.30. The molecule has 1 nitrogen and oxygen atoms in total. The highest BCUT2D eigenvalue weighted by Gasteiger charge is 2.09. The van der Waals surface area contributed by atoms with Crippen LogP contribution >= 0.6 is 11.6 Å². The van der Waals surface area contributed by atoms with Crippen molar-refractivity contribution >= 4 is 11.6 Å². The lowest BCUT2D eigenvalue weighted by Crippen LogP contribution is -2.37. The standard InChI is InChI=1S/C8H12ClN/c1-4-8(2,3)10-7-5-6-9/h1,5-6,10H,7H2,2-3H3/b6-5+. The van der Waals surface area contributed by atoms with Gasteiger partial charge in [0.15, 0.2) is 0 Å². The second-order valence-electron chi connectivity index (χ2n) is 2.51. The molecule has 0 radical (unpaired) electrons. The summed E-state index contributed by atoms with van der Waals surface area (Å²) in [5.74, 6) is 2.61.